The normalized spacial score (nSPS) is 15.8. The molecule has 0 aliphatic heterocycles. The average molecular weight is 200 g/mol. The third-order valence-electron chi connectivity index (χ3n) is 1.91. The molecule has 0 spiro atoms. The molecule has 0 bridgehead atoms. The van der Waals surface area contributed by atoms with E-state index in [1.54, 1.807) is 0 Å². The van der Waals surface area contributed by atoms with E-state index in [9.17, 15) is 0 Å². The summed E-state index contributed by atoms with van der Waals surface area (Å²) in [5.74, 6) is 0.520. The molecule has 0 radical (unpaired) electrons. The van der Waals surface area contributed by atoms with Crippen LogP contribution < -0.4 is 11.1 Å². The van der Waals surface area contributed by atoms with Gasteiger partial charge in [0, 0.05) is 11.6 Å². The van der Waals surface area contributed by atoms with Crippen LogP contribution in [0.1, 0.15) is 27.7 Å². The molecule has 0 aromatic carbocycles. The largest absolute Gasteiger partial charge is 0.370 e. The maximum Gasteiger partial charge on any atom is 0.189 e. The van der Waals surface area contributed by atoms with Crippen LogP contribution in [0.15, 0.2) is 4.99 Å². The Labute approximate surface area is 87.6 Å². The Bertz CT molecular complexity index is 191. The van der Waals surface area contributed by atoms with Crippen LogP contribution in [-0.4, -0.2) is 43.1 Å². The lowest BCUT2D eigenvalue weighted by atomic mass is 10.1. The van der Waals surface area contributed by atoms with Crippen molar-refractivity contribution in [2.75, 3.05) is 20.6 Å². The van der Waals surface area contributed by atoms with E-state index in [1.807, 2.05) is 14.1 Å². The summed E-state index contributed by atoms with van der Waals surface area (Å²) in [5, 5.41) is 3.12. The predicted octanol–water partition coefficient (Wildman–Crippen LogP) is 0.639. The van der Waals surface area contributed by atoms with Gasteiger partial charge in [-0.3, -0.25) is 4.99 Å². The van der Waals surface area contributed by atoms with Crippen LogP contribution >= 0.6 is 0 Å². The van der Waals surface area contributed by atoms with Gasteiger partial charge in [-0.2, -0.15) is 0 Å². The lowest BCUT2D eigenvalue weighted by molar-refractivity contribution is 0.320. The van der Waals surface area contributed by atoms with Crippen LogP contribution in [0.25, 0.3) is 0 Å². The molecule has 0 aliphatic rings. The maximum atomic E-state index is 5.73. The van der Waals surface area contributed by atoms with Crippen molar-refractivity contribution in [3.63, 3.8) is 0 Å². The Kier molecular flexibility index (Phi) is 4.91. The van der Waals surface area contributed by atoms with E-state index in [0.717, 1.165) is 6.54 Å². The highest BCUT2D eigenvalue weighted by Gasteiger charge is 2.10. The van der Waals surface area contributed by atoms with Gasteiger partial charge in [-0.15, -0.1) is 0 Å². The Balaban J connectivity index is 4.00. The van der Waals surface area contributed by atoms with Crippen LogP contribution in [-0.2, 0) is 0 Å². The predicted molar refractivity (Wildman–Crippen MR) is 62.5 cm³/mol. The lowest BCUT2D eigenvalue weighted by Gasteiger charge is -2.22. The van der Waals surface area contributed by atoms with Gasteiger partial charge in [0.2, 0.25) is 0 Å². The first-order valence-electron chi connectivity index (χ1n) is 4.97. The second-order valence-electron chi connectivity index (χ2n) is 4.91. The first kappa shape index (κ1) is 13.2. The van der Waals surface area contributed by atoms with Gasteiger partial charge in [-0.25, -0.2) is 0 Å². The summed E-state index contributed by atoms with van der Waals surface area (Å²) in [6.45, 7) is 9.02. The first-order valence-corrected chi connectivity index (χ1v) is 4.97. The van der Waals surface area contributed by atoms with Crippen molar-refractivity contribution >= 4 is 5.96 Å². The van der Waals surface area contributed by atoms with E-state index in [0.29, 0.717) is 12.0 Å². The van der Waals surface area contributed by atoms with Crippen LogP contribution in [0.2, 0.25) is 0 Å². The minimum Gasteiger partial charge on any atom is -0.370 e. The summed E-state index contributed by atoms with van der Waals surface area (Å²) in [4.78, 5) is 6.39. The van der Waals surface area contributed by atoms with Gasteiger partial charge in [-0.1, -0.05) is 0 Å². The van der Waals surface area contributed by atoms with Crippen molar-refractivity contribution in [1.29, 1.82) is 0 Å². The molecule has 3 N–H and O–H groups in total. The first-order chi connectivity index (χ1) is 6.22. The summed E-state index contributed by atoms with van der Waals surface area (Å²) >= 11 is 0. The molecular formula is C10H24N4. The number of likely N-dealkylation sites (N-methyl/N-ethyl adjacent to an activating group) is 1. The lowest BCUT2D eigenvalue weighted by Crippen LogP contribution is -2.45. The zero-order valence-corrected chi connectivity index (χ0v) is 10.3. The summed E-state index contributed by atoms with van der Waals surface area (Å²) in [6.07, 6.45) is 0. The quantitative estimate of drug-likeness (QED) is 0.519. The van der Waals surface area contributed by atoms with Crippen molar-refractivity contribution in [2.45, 2.75) is 39.3 Å². The number of nitrogens with zero attached hydrogens (tertiary/aromatic N) is 2. The van der Waals surface area contributed by atoms with Gasteiger partial charge < -0.3 is 16.0 Å². The van der Waals surface area contributed by atoms with Crippen molar-refractivity contribution < 1.29 is 0 Å². The molecule has 0 aromatic heterocycles. The smallest absolute Gasteiger partial charge is 0.189 e. The highest BCUT2D eigenvalue weighted by Crippen LogP contribution is 1.97. The van der Waals surface area contributed by atoms with Gasteiger partial charge in [0.05, 0.1) is 6.54 Å². The third kappa shape index (κ3) is 6.71. The Morgan fingerprint density at radius 1 is 1.43 bits per heavy atom. The summed E-state index contributed by atoms with van der Waals surface area (Å²) in [6, 6.07) is 0.412. The highest BCUT2D eigenvalue weighted by molar-refractivity contribution is 5.78. The molecule has 0 fully saturated rings. The Hall–Kier alpha value is -0.770. The van der Waals surface area contributed by atoms with E-state index in [4.69, 9.17) is 5.73 Å². The average Bonchev–Trinajstić information content (AvgIpc) is 1.96. The number of nitrogens with two attached hydrogens (primary N) is 1. The molecule has 1 atom stereocenters. The van der Waals surface area contributed by atoms with E-state index in [1.165, 1.54) is 0 Å². The van der Waals surface area contributed by atoms with Crippen molar-refractivity contribution in [3.8, 4) is 0 Å². The summed E-state index contributed by atoms with van der Waals surface area (Å²) < 4.78 is 0. The van der Waals surface area contributed by atoms with Gasteiger partial charge >= 0.3 is 0 Å². The molecule has 0 aliphatic carbocycles. The summed E-state index contributed by atoms with van der Waals surface area (Å²) in [5.41, 5.74) is 5.71. The standard InChI is InChI=1S/C10H24N4/c1-8(14(5)6)7-12-9(11)13-10(2,3)4/h8H,7H2,1-6H3,(H3,11,12,13). The van der Waals surface area contributed by atoms with Gasteiger partial charge in [-0.05, 0) is 41.8 Å². The van der Waals surface area contributed by atoms with E-state index in [2.05, 4.69) is 42.9 Å². The van der Waals surface area contributed by atoms with Crippen LogP contribution in [0, 0.1) is 0 Å². The zero-order chi connectivity index (χ0) is 11.4. The van der Waals surface area contributed by atoms with E-state index >= 15 is 0 Å². The molecule has 84 valence electrons. The fourth-order valence-electron chi connectivity index (χ4n) is 0.817. The summed E-state index contributed by atoms with van der Waals surface area (Å²) in [7, 11) is 4.07. The minimum atomic E-state index is -0.0189. The number of guanidine groups is 1. The monoisotopic (exact) mass is 200 g/mol. The molecular weight excluding hydrogens is 176 g/mol. The third-order valence-corrected chi connectivity index (χ3v) is 1.91. The molecule has 0 amide bonds. The molecule has 0 aromatic rings. The van der Waals surface area contributed by atoms with Crippen molar-refractivity contribution in [1.82, 2.24) is 10.2 Å². The van der Waals surface area contributed by atoms with Crippen LogP contribution in [0.5, 0.6) is 0 Å². The molecule has 14 heavy (non-hydrogen) atoms. The molecule has 0 saturated heterocycles. The van der Waals surface area contributed by atoms with Crippen LogP contribution in [0.4, 0.5) is 0 Å². The Morgan fingerprint density at radius 3 is 2.29 bits per heavy atom. The fraction of sp³-hybridized carbons (Fsp3) is 0.900. The maximum absolute atomic E-state index is 5.73. The number of hydrogen-bond acceptors (Lipinski definition) is 2. The van der Waals surface area contributed by atoms with Crippen molar-refractivity contribution in [3.05, 3.63) is 0 Å². The molecule has 1 unspecified atom stereocenters. The van der Waals surface area contributed by atoms with Gasteiger partial charge in [0.15, 0.2) is 5.96 Å². The number of nitrogens with one attached hydrogen (secondary N) is 1. The number of rotatable bonds is 3. The topological polar surface area (TPSA) is 53.6 Å². The van der Waals surface area contributed by atoms with Crippen molar-refractivity contribution in [2.24, 2.45) is 10.7 Å². The minimum absolute atomic E-state index is 0.0189. The van der Waals surface area contributed by atoms with E-state index < -0.39 is 0 Å². The molecule has 0 heterocycles. The second-order valence-corrected chi connectivity index (χ2v) is 4.91. The number of hydrogen-bond donors (Lipinski definition) is 2. The van der Waals surface area contributed by atoms with Gasteiger partial charge in [0.1, 0.15) is 0 Å². The Morgan fingerprint density at radius 2 is 1.93 bits per heavy atom. The highest BCUT2D eigenvalue weighted by atomic mass is 15.2. The zero-order valence-electron chi connectivity index (χ0n) is 10.3. The second kappa shape index (κ2) is 5.20. The SMILES string of the molecule is CC(CN=C(N)NC(C)(C)C)N(C)C. The molecule has 4 nitrogen and oxygen atoms in total. The fourth-order valence-corrected chi connectivity index (χ4v) is 0.817. The van der Waals surface area contributed by atoms with E-state index in [-0.39, 0.29) is 5.54 Å². The van der Waals surface area contributed by atoms with Gasteiger partial charge in [0.25, 0.3) is 0 Å². The van der Waals surface area contributed by atoms with Crippen LogP contribution in [0.3, 0.4) is 0 Å². The number of aliphatic imine (C=N–C) groups is 1. The molecule has 0 rings (SSSR count). The molecule has 4 heteroatoms. The molecule has 0 saturated carbocycles.